The van der Waals surface area contributed by atoms with Crippen LogP contribution in [-0.2, 0) is 11.3 Å². The topological polar surface area (TPSA) is 85.2 Å². The van der Waals surface area contributed by atoms with Crippen LogP contribution in [0.3, 0.4) is 0 Å². The molecule has 7 heteroatoms. The zero-order chi connectivity index (χ0) is 12.1. The highest BCUT2D eigenvalue weighted by Gasteiger charge is 2.14. The van der Waals surface area contributed by atoms with Gasteiger partial charge in [0.05, 0.1) is 12.3 Å². The smallest absolute Gasteiger partial charge is 0.277 e. The number of nitrogens with two attached hydrogens (primary N) is 1. The minimum Gasteiger partial charge on any atom is -0.415 e. The first-order valence-corrected chi connectivity index (χ1v) is 6.68. The van der Waals surface area contributed by atoms with E-state index in [0.29, 0.717) is 17.7 Å². The Morgan fingerprint density at radius 1 is 1.35 bits per heavy atom. The first-order chi connectivity index (χ1) is 8.24. The highest BCUT2D eigenvalue weighted by molar-refractivity contribution is 7.99. The predicted octanol–water partition coefficient (Wildman–Crippen LogP) is 0.633. The lowest BCUT2D eigenvalue weighted by atomic mass is 10.1. The fraction of sp³-hybridized carbons (Fsp3) is 0.700. The van der Waals surface area contributed by atoms with E-state index in [0.717, 1.165) is 13.1 Å². The Morgan fingerprint density at radius 3 is 2.82 bits per heavy atom. The molecule has 0 saturated carbocycles. The summed E-state index contributed by atoms with van der Waals surface area (Å²) in [6.45, 7) is 2.88. The number of thioether (sulfide) groups is 1. The summed E-state index contributed by atoms with van der Waals surface area (Å²) in [5.74, 6) is 0.399. The third-order valence-electron chi connectivity index (χ3n) is 2.59. The van der Waals surface area contributed by atoms with Gasteiger partial charge in [0, 0.05) is 0 Å². The van der Waals surface area contributed by atoms with Crippen LogP contribution in [0.2, 0.25) is 0 Å². The van der Waals surface area contributed by atoms with Gasteiger partial charge in [-0.1, -0.05) is 18.2 Å². The van der Waals surface area contributed by atoms with E-state index in [9.17, 15) is 4.79 Å². The number of amides is 1. The second-order valence-corrected chi connectivity index (χ2v) is 4.98. The SMILES string of the molecule is NC(=O)CSc1nnc(CN2CCCCC2)o1. The number of aromatic nitrogens is 2. The minimum absolute atomic E-state index is 0.172. The Kier molecular flexibility index (Phi) is 4.38. The van der Waals surface area contributed by atoms with Gasteiger partial charge in [0.15, 0.2) is 0 Å². The highest BCUT2D eigenvalue weighted by Crippen LogP contribution is 2.17. The van der Waals surface area contributed by atoms with Crippen LogP contribution in [0.1, 0.15) is 25.2 Å². The normalized spacial score (nSPS) is 17.2. The summed E-state index contributed by atoms with van der Waals surface area (Å²) in [4.78, 5) is 12.9. The van der Waals surface area contributed by atoms with Crippen LogP contribution in [-0.4, -0.2) is 39.8 Å². The molecule has 2 N–H and O–H groups in total. The molecule has 1 fully saturated rings. The van der Waals surface area contributed by atoms with E-state index in [1.54, 1.807) is 0 Å². The summed E-state index contributed by atoms with van der Waals surface area (Å²) < 4.78 is 5.43. The van der Waals surface area contributed by atoms with Gasteiger partial charge in [0.2, 0.25) is 11.8 Å². The van der Waals surface area contributed by atoms with Crippen LogP contribution >= 0.6 is 11.8 Å². The van der Waals surface area contributed by atoms with Gasteiger partial charge in [-0.2, -0.15) is 0 Å². The number of nitrogens with zero attached hydrogens (tertiary/aromatic N) is 3. The van der Waals surface area contributed by atoms with Crippen LogP contribution in [0.15, 0.2) is 9.64 Å². The number of piperidine rings is 1. The van der Waals surface area contributed by atoms with Crippen LogP contribution in [0, 0.1) is 0 Å². The minimum atomic E-state index is -0.384. The highest BCUT2D eigenvalue weighted by atomic mass is 32.2. The third kappa shape index (κ3) is 4.01. The van der Waals surface area contributed by atoms with Crippen LogP contribution < -0.4 is 5.73 Å². The number of primary amides is 1. The lowest BCUT2D eigenvalue weighted by Crippen LogP contribution is -2.29. The van der Waals surface area contributed by atoms with E-state index >= 15 is 0 Å². The van der Waals surface area contributed by atoms with Gasteiger partial charge in [-0.15, -0.1) is 10.2 Å². The molecule has 1 aliphatic heterocycles. The number of carbonyl (C=O) groups is 1. The molecular weight excluding hydrogens is 240 g/mol. The van der Waals surface area contributed by atoms with Crippen molar-refractivity contribution in [3.63, 3.8) is 0 Å². The van der Waals surface area contributed by atoms with E-state index < -0.39 is 0 Å². The second kappa shape index (κ2) is 6.02. The summed E-state index contributed by atoms with van der Waals surface area (Å²) in [5, 5.41) is 8.24. The molecule has 0 bridgehead atoms. The summed E-state index contributed by atoms with van der Waals surface area (Å²) in [6, 6.07) is 0. The molecule has 6 nitrogen and oxygen atoms in total. The van der Waals surface area contributed by atoms with E-state index in [2.05, 4.69) is 15.1 Å². The van der Waals surface area contributed by atoms with E-state index in [1.807, 2.05) is 0 Å². The molecule has 1 aromatic heterocycles. The van der Waals surface area contributed by atoms with Crippen molar-refractivity contribution < 1.29 is 9.21 Å². The van der Waals surface area contributed by atoms with Gasteiger partial charge in [-0.25, -0.2) is 0 Å². The molecule has 2 heterocycles. The Bertz CT molecular complexity index is 376. The largest absolute Gasteiger partial charge is 0.415 e. The predicted molar refractivity (Wildman–Crippen MR) is 63.3 cm³/mol. The van der Waals surface area contributed by atoms with Gasteiger partial charge in [-0.3, -0.25) is 9.69 Å². The lowest BCUT2D eigenvalue weighted by molar-refractivity contribution is -0.115. The maximum Gasteiger partial charge on any atom is 0.277 e. The fourth-order valence-electron chi connectivity index (χ4n) is 1.80. The molecule has 0 aliphatic carbocycles. The van der Waals surface area contributed by atoms with E-state index in [-0.39, 0.29) is 11.7 Å². The molecule has 1 amide bonds. The average molecular weight is 256 g/mol. The Hall–Kier alpha value is -1.08. The molecule has 1 aromatic rings. The fourth-order valence-corrected chi connectivity index (χ4v) is 2.32. The first kappa shape index (κ1) is 12.4. The standard InChI is InChI=1S/C10H16N4O2S/c11-8(15)7-17-10-13-12-9(16-10)6-14-4-2-1-3-5-14/h1-7H2,(H2,11,15). The number of hydrogen-bond donors (Lipinski definition) is 1. The van der Waals surface area contributed by atoms with E-state index in [1.165, 1.54) is 31.0 Å². The Labute approximate surface area is 104 Å². The van der Waals surface area contributed by atoms with Gasteiger partial charge >= 0.3 is 0 Å². The van der Waals surface area contributed by atoms with Gasteiger partial charge in [-0.05, 0) is 25.9 Å². The number of likely N-dealkylation sites (tertiary alicyclic amines) is 1. The second-order valence-electron chi connectivity index (χ2n) is 4.05. The Morgan fingerprint density at radius 2 is 2.12 bits per heavy atom. The summed E-state index contributed by atoms with van der Waals surface area (Å²) in [5.41, 5.74) is 5.04. The molecule has 2 rings (SSSR count). The number of rotatable bonds is 5. The van der Waals surface area contributed by atoms with Gasteiger partial charge in [0.25, 0.3) is 5.22 Å². The van der Waals surface area contributed by atoms with Crippen LogP contribution in [0.25, 0.3) is 0 Å². The molecule has 1 aliphatic rings. The molecule has 0 spiro atoms. The quantitative estimate of drug-likeness (QED) is 0.778. The van der Waals surface area contributed by atoms with Gasteiger partial charge in [0.1, 0.15) is 0 Å². The molecule has 0 radical (unpaired) electrons. The van der Waals surface area contributed by atoms with Crippen molar-refractivity contribution in [2.45, 2.75) is 31.0 Å². The lowest BCUT2D eigenvalue weighted by Gasteiger charge is -2.24. The average Bonchev–Trinajstić information content (AvgIpc) is 2.75. The van der Waals surface area contributed by atoms with Crippen molar-refractivity contribution in [2.24, 2.45) is 5.73 Å². The van der Waals surface area contributed by atoms with Crippen molar-refractivity contribution in [3.05, 3.63) is 5.89 Å². The maximum atomic E-state index is 10.6. The first-order valence-electron chi connectivity index (χ1n) is 5.70. The van der Waals surface area contributed by atoms with Crippen molar-refractivity contribution in [2.75, 3.05) is 18.8 Å². The van der Waals surface area contributed by atoms with Crippen molar-refractivity contribution in [1.82, 2.24) is 15.1 Å². The molecule has 0 unspecified atom stereocenters. The zero-order valence-electron chi connectivity index (χ0n) is 9.59. The van der Waals surface area contributed by atoms with Crippen LogP contribution in [0.4, 0.5) is 0 Å². The molecular formula is C10H16N4O2S. The molecule has 94 valence electrons. The van der Waals surface area contributed by atoms with Crippen molar-refractivity contribution in [1.29, 1.82) is 0 Å². The number of carbonyl (C=O) groups excluding carboxylic acids is 1. The summed E-state index contributed by atoms with van der Waals surface area (Å²) >= 11 is 1.18. The molecule has 0 aromatic carbocycles. The monoisotopic (exact) mass is 256 g/mol. The zero-order valence-corrected chi connectivity index (χ0v) is 10.4. The molecule has 0 atom stereocenters. The van der Waals surface area contributed by atoms with Crippen molar-refractivity contribution in [3.8, 4) is 0 Å². The molecule has 1 saturated heterocycles. The number of hydrogen-bond acceptors (Lipinski definition) is 6. The Balaban J connectivity index is 1.82. The van der Waals surface area contributed by atoms with E-state index in [4.69, 9.17) is 10.2 Å². The van der Waals surface area contributed by atoms with Crippen LogP contribution in [0.5, 0.6) is 0 Å². The summed E-state index contributed by atoms with van der Waals surface area (Å²) in [7, 11) is 0. The van der Waals surface area contributed by atoms with Crippen molar-refractivity contribution >= 4 is 17.7 Å². The third-order valence-corrected chi connectivity index (χ3v) is 3.43. The van der Waals surface area contributed by atoms with Gasteiger partial charge < -0.3 is 10.2 Å². The summed E-state index contributed by atoms with van der Waals surface area (Å²) in [6.07, 6.45) is 3.77. The molecule has 17 heavy (non-hydrogen) atoms. The maximum absolute atomic E-state index is 10.6.